The molecule has 1 aliphatic carbocycles. The Labute approximate surface area is 90.6 Å². The summed E-state index contributed by atoms with van der Waals surface area (Å²) in [5, 5.41) is 9.89. The fourth-order valence-corrected chi connectivity index (χ4v) is 1.83. The molecule has 0 saturated heterocycles. The van der Waals surface area contributed by atoms with Gasteiger partial charge < -0.3 is 9.84 Å². The van der Waals surface area contributed by atoms with Crippen molar-refractivity contribution in [3.63, 3.8) is 0 Å². The second-order valence-corrected chi connectivity index (χ2v) is 3.66. The molecule has 84 valence electrons. The zero-order chi connectivity index (χ0) is 11.9. The number of methoxy groups -OCH3 is 1. The molecule has 16 heavy (non-hydrogen) atoms. The van der Waals surface area contributed by atoms with Crippen molar-refractivity contribution < 1.29 is 23.8 Å². The van der Waals surface area contributed by atoms with Gasteiger partial charge >= 0.3 is 5.97 Å². The number of ether oxygens (including phenoxy) is 1. The molecule has 0 amide bonds. The van der Waals surface area contributed by atoms with Gasteiger partial charge in [0.15, 0.2) is 0 Å². The molecule has 2 rings (SSSR count). The van der Waals surface area contributed by atoms with E-state index < -0.39 is 23.2 Å². The standard InChI is InChI=1S/C11H9FO4/c1-16-10(14)11(15)5-6-2-3-7(12)4-8(6)9(11)13/h2-4,15H,5H2,1H3/t11-/m1/s1. The molecular weight excluding hydrogens is 215 g/mol. The average Bonchev–Trinajstić information content (AvgIpc) is 2.52. The Kier molecular flexibility index (Phi) is 2.27. The van der Waals surface area contributed by atoms with Crippen LogP contribution in [0.25, 0.3) is 0 Å². The lowest BCUT2D eigenvalue weighted by atomic mass is 10.00. The predicted octanol–water partition coefficient (Wildman–Crippen LogP) is 0.469. The highest BCUT2D eigenvalue weighted by Gasteiger charge is 2.51. The van der Waals surface area contributed by atoms with E-state index in [0.29, 0.717) is 5.56 Å². The Morgan fingerprint density at radius 2 is 2.25 bits per heavy atom. The zero-order valence-electron chi connectivity index (χ0n) is 8.49. The van der Waals surface area contributed by atoms with Gasteiger partial charge in [0, 0.05) is 12.0 Å². The van der Waals surface area contributed by atoms with Gasteiger partial charge in [-0.15, -0.1) is 0 Å². The number of esters is 1. The Balaban J connectivity index is 2.49. The highest BCUT2D eigenvalue weighted by Crippen LogP contribution is 2.31. The van der Waals surface area contributed by atoms with Crippen molar-refractivity contribution in [2.75, 3.05) is 7.11 Å². The summed E-state index contributed by atoms with van der Waals surface area (Å²) in [6.45, 7) is 0. The van der Waals surface area contributed by atoms with E-state index in [0.717, 1.165) is 13.2 Å². The molecule has 5 heteroatoms. The summed E-state index contributed by atoms with van der Waals surface area (Å²) >= 11 is 0. The number of carbonyl (C=O) groups excluding carboxylic acids is 2. The molecule has 0 saturated carbocycles. The predicted molar refractivity (Wildman–Crippen MR) is 51.4 cm³/mol. The number of halogens is 1. The van der Waals surface area contributed by atoms with Crippen LogP contribution in [0.4, 0.5) is 4.39 Å². The molecule has 1 N–H and O–H groups in total. The van der Waals surface area contributed by atoms with Gasteiger partial charge in [0.05, 0.1) is 7.11 Å². The van der Waals surface area contributed by atoms with Crippen molar-refractivity contribution in [1.82, 2.24) is 0 Å². The van der Waals surface area contributed by atoms with E-state index in [1.165, 1.54) is 12.1 Å². The van der Waals surface area contributed by atoms with Gasteiger partial charge in [-0.2, -0.15) is 0 Å². The third-order valence-corrected chi connectivity index (χ3v) is 2.66. The number of fused-ring (bicyclic) bond motifs is 1. The molecule has 1 aliphatic rings. The molecule has 1 aromatic carbocycles. The summed E-state index contributed by atoms with van der Waals surface area (Å²) in [7, 11) is 1.08. The number of benzene rings is 1. The number of hydrogen-bond acceptors (Lipinski definition) is 4. The van der Waals surface area contributed by atoms with E-state index in [1.54, 1.807) is 0 Å². The maximum Gasteiger partial charge on any atom is 0.346 e. The minimum atomic E-state index is -2.20. The maximum atomic E-state index is 12.9. The fourth-order valence-electron chi connectivity index (χ4n) is 1.83. The van der Waals surface area contributed by atoms with Crippen LogP contribution in [0, 0.1) is 5.82 Å². The lowest BCUT2D eigenvalue weighted by Gasteiger charge is -2.16. The second kappa shape index (κ2) is 3.38. The van der Waals surface area contributed by atoms with Crippen LogP contribution < -0.4 is 0 Å². The van der Waals surface area contributed by atoms with E-state index in [1.807, 2.05) is 0 Å². The highest BCUT2D eigenvalue weighted by molar-refractivity contribution is 6.18. The van der Waals surface area contributed by atoms with Crippen molar-refractivity contribution in [2.24, 2.45) is 0 Å². The number of ketones is 1. The molecule has 0 radical (unpaired) electrons. The number of rotatable bonds is 1. The lowest BCUT2D eigenvalue weighted by molar-refractivity contribution is -0.156. The first kappa shape index (κ1) is 10.8. The summed E-state index contributed by atoms with van der Waals surface area (Å²) < 4.78 is 17.3. The van der Waals surface area contributed by atoms with Gasteiger partial charge in [-0.1, -0.05) is 6.07 Å². The van der Waals surface area contributed by atoms with Crippen LogP contribution in [0.5, 0.6) is 0 Å². The van der Waals surface area contributed by atoms with Gasteiger partial charge in [0.25, 0.3) is 0 Å². The van der Waals surface area contributed by atoms with Crippen LogP contribution in [0.1, 0.15) is 15.9 Å². The lowest BCUT2D eigenvalue weighted by Crippen LogP contribution is -2.45. The van der Waals surface area contributed by atoms with Crippen LogP contribution in [0.15, 0.2) is 18.2 Å². The van der Waals surface area contributed by atoms with Crippen molar-refractivity contribution >= 4 is 11.8 Å². The second-order valence-electron chi connectivity index (χ2n) is 3.66. The number of hydrogen-bond donors (Lipinski definition) is 1. The van der Waals surface area contributed by atoms with E-state index >= 15 is 0 Å². The normalized spacial score (nSPS) is 23.1. The average molecular weight is 224 g/mol. The van der Waals surface area contributed by atoms with Crippen molar-refractivity contribution in [3.05, 3.63) is 35.1 Å². The molecule has 0 bridgehead atoms. The SMILES string of the molecule is COC(=O)[C@@]1(O)Cc2ccc(F)cc2C1=O. The minimum absolute atomic E-state index is 0.0351. The molecule has 0 fully saturated rings. The van der Waals surface area contributed by atoms with Crippen molar-refractivity contribution in [2.45, 2.75) is 12.0 Å². The van der Waals surface area contributed by atoms with Gasteiger partial charge in [-0.3, -0.25) is 4.79 Å². The summed E-state index contributed by atoms with van der Waals surface area (Å²) in [6.07, 6.45) is -0.173. The summed E-state index contributed by atoms with van der Waals surface area (Å²) in [6, 6.07) is 3.57. The first-order valence-electron chi connectivity index (χ1n) is 4.63. The van der Waals surface area contributed by atoms with Gasteiger partial charge in [0.1, 0.15) is 5.82 Å². The summed E-state index contributed by atoms with van der Waals surface area (Å²) in [4.78, 5) is 23.1. The molecule has 0 spiro atoms. The Bertz CT molecular complexity index is 483. The Morgan fingerprint density at radius 3 is 2.88 bits per heavy atom. The Morgan fingerprint density at radius 1 is 1.56 bits per heavy atom. The maximum absolute atomic E-state index is 12.9. The van der Waals surface area contributed by atoms with Gasteiger partial charge in [0.2, 0.25) is 11.4 Å². The van der Waals surface area contributed by atoms with Crippen molar-refractivity contribution in [1.29, 1.82) is 0 Å². The topological polar surface area (TPSA) is 63.6 Å². The molecule has 0 aromatic heterocycles. The van der Waals surface area contributed by atoms with E-state index in [2.05, 4.69) is 4.74 Å². The van der Waals surface area contributed by atoms with E-state index in [-0.39, 0.29) is 12.0 Å². The highest BCUT2D eigenvalue weighted by atomic mass is 19.1. The monoisotopic (exact) mass is 224 g/mol. The molecule has 0 unspecified atom stereocenters. The summed E-state index contributed by atoms with van der Waals surface area (Å²) in [5.41, 5.74) is -1.72. The molecule has 0 aliphatic heterocycles. The third kappa shape index (κ3) is 1.32. The van der Waals surface area contributed by atoms with Crippen molar-refractivity contribution in [3.8, 4) is 0 Å². The minimum Gasteiger partial charge on any atom is -0.467 e. The molecular formula is C11H9FO4. The molecule has 0 heterocycles. The fraction of sp³-hybridized carbons (Fsp3) is 0.273. The van der Waals surface area contributed by atoms with Crippen LogP contribution in [-0.4, -0.2) is 29.6 Å². The largest absolute Gasteiger partial charge is 0.467 e. The van der Waals surface area contributed by atoms with E-state index in [4.69, 9.17) is 0 Å². The molecule has 1 aromatic rings. The van der Waals surface area contributed by atoms with Crippen LogP contribution in [0.3, 0.4) is 0 Å². The summed E-state index contributed by atoms with van der Waals surface area (Å²) in [5.74, 6) is -2.41. The Hall–Kier alpha value is -1.75. The number of aliphatic hydroxyl groups is 1. The van der Waals surface area contributed by atoms with Gasteiger partial charge in [-0.25, -0.2) is 9.18 Å². The van der Waals surface area contributed by atoms with E-state index in [9.17, 15) is 19.1 Å². The van der Waals surface area contributed by atoms with Crippen LogP contribution >= 0.6 is 0 Å². The number of Topliss-reactive ketones (excluding diaryl/α,β-unsaturated/α-hetero) is 1. The van der Waals surface area contributed by atoms with Crippen LogP contribution in [-0.2, 0) is 16.0 Å². The molecule has 1 atom stereocenters. The van der Waals surface area contributed by atoms with Gasteiger partial charge in [-0.05, 0) is 17.7 Å². The smallest absolute Gasteiger partial charge is 0.346 e. The molecule has 4 nitrogen and oxygen atoms in total. The zero-order valence-corrected chi connectivity index (χ0v) is 8.49. The third-order valence-electron chi connectivity index (χ3n) is 2.66. The van der Waals surface area contributed by atoms with Crippen LogP contribution in [0.2, 0.25) is 0 Å². The number of carbonyl (C=O) groups is 2. The quantitative estimate of drug-likeness (QED) is 0.556. The first-order valence-corrected chi connectivity index (χ1v) is 4.63. The first-order chi connectivity index (χ1) is 7.49.